The first-order valence-corrected chi connectivity index (χ1v) is 11.9. The van der Waals surface area contributed by atoms with Gasteiger partial charge in [0.1, 0.15) is 0 Å². The van der Waals surface area contributed by atoms with Crippen LogP contribution in [0.25, 0.3) is 0 Å². The van der Waals surface area contributed by atoms with Crippen molar-refractivity contribution < 1.29 is 13.2 Å². The Labute approximate surface area is 170 Å². The normalized spacial score (nSPS) is 30.6. The molecule has 3 unspecified atom stereocenters. The molecular formula is C18H35ClN4O3S. The quantitative estimate of drug-likeness (QED) is 0.657. The van der Waals surface area contributed by atoms with Gasteiger partial charge in [0.2, 0.25) is 15.9 Å². The molecule has 0 aromatic carbocycles. The summed E-state index contributed by atoms with van der Waals surface area (Å²) in [7, 11) is -3.08. The zero-order valence-corrected chi connectivity index (χ0v) is 18.0. The van der Waals surface area contributed by atoms with Gasteiger partial charge in [0.15, 0.2) is 0 Å². The van der Waals surface area contributed by atoms with Gasteiger partial charge in [0.05, 0.1) is 12.3 Å². The van der Waals surface area contributed by atoms with Gasteiger partial charge in [-0.15, -0.1) is 12.4 Å². The van der Waals surface area contributed by atoms with Crippen LogP contribution in [0.3, 0.4) is 0 Å². The fraction of sp³-hybridized carbons (Fsp3) is 0.944. The summed E-state index contributed by atoms with van der Waals surface area (Å²) in [5.74, 6) is 1.08. The van der Waals surface area contributed by atoms with Crippen LogP contribution in [0.5, 0.6) is 0 Å². The zero-order chi connectivity index (χ0) is 18.6. The average molecular weight is 423 g/mol. The lowest BCUT2D eigenvalue weighted by Crippen LogP contribution is -2.48. The number of likely N-dealkylation sites (tertiary alicyclic amines) is 1. The molecule has 3 rings (SSSR count). The van der Waals surface area contributed by atoms with E-state index in [1.54, 1.807) is 4.31 Å². The van der Waals surface area contributed by atoms with Crippen LogP contribution in [-0.2, 0) is 14.8 Å². The molecule has 7 nitrogen and oxygen atoms in total. The summed E-state index contributed by atoms with van der Waals surface area (Å²) in [6.07, 6.45) is 7.73. The standard InChI is InChI=1S/C18H34N4O3S.ClH/c1-26(24,25)22-10-4-6-16(14-22)13-21-9-3-5-15(12-21)11-20-18(23)17-7-2-8-19-17;/h15-17,19H,2-14H2,1H3,(H,20,23);1H. The average Bonchev–Trinajstić information content (AvgIpc) is 3.14. The Hall–Kier alpha value is -0.410. The largest absolute Gasteiger partial charge is 0.354 e. The van der Waals surface area contributed by atoms with Crippen molar-refractivity contribution in [1.82, 2.24) is 19.8 Å². The van der Waals surface area contributed by atoms with Gasteiger partial charge in [0, 0.05) is 32.7 Å². The third-order valence-electron chi connectivity index (χ3n) is 6.01. The number of carbonyl (C=O) groups is 1. The summed E-state index contributed by atoms with van der Waals surface area (Å²) < 4.78 is 25.2. The number of piperidine rings is 2. The lowest BCUT2D eigenvalue weighted by molar-refractivity contribution is -0.123. The molecule has 9 heteroatoms. The molecule has 3 atom stereocenters. The Kier molecular flexibility index (Phi) is 8.80. The first-order valence-electron chi connectivity index (χ1n) is 10.1. The summed E-state index contributed by atoms with van der Waals surface area (Å²) in [5, 5.41) is 6.38. The van der Waals surface area contributed by atoms with Crippen LogP contribution in [0, 0.1) is 11.8 Å². The molecule has 2 N–H and O–H groups in total. The molecule has 1 amide bonds. The minimum absolute atomic E-state index is 0. The molecule has 3 heterocycles. The van der Waals surface area contributed by atoms with Crippen molar-refractivity contribution in [2.24, 2.45) is 11.8 Å². The Balaban J connectivity index is 0.00000261. The van der Waals surface area contributed by atoms with Gasteiger partial charge in [0.25, 0.3) is 0 Å². The van der Waals surface area contributed by atoms with Gasteiger partial charge in [-0.3, -0.25) is 4.79 Å². The monoisotopic (exact) mass is 422 g/mol. The van der Waals surface area contributed by atoms with E-state index in [1.165, 1.54) is 6.26 Å². The Morgan fingerprint density at radius 3 is 2.52 bits per heavy atom. The van der Waals surface area contributed by atoms with Gasteiger partial charge in [-0.2, -0.15) is 0 Å². The van der Waals surface area contributed by atoms with E-state index < -0.39 is 10.0 Å². The van der Waals surface area contributed by atoms with E-state index in [9.17, 15) is 13.2 Å². The second-order valence-electron chi connectivity index (χ2n) is 8.29. The minimum Gasteiger partial charge on any atom is -0.354 e. The van der Waals surface area contributed by atoms with Crippen LogP contribution in [-0.4, -0.2) is 81.6 Å². The number of amides is 1. The second kappa shape index (κ2) is 10.4. The van der Waals surface area contributed by atoms with Gasteiger partial charge >= 0.3 is 0 Å². The second-order valence-corrected chi connectivity index (χ2v) is 10.3. The molecule has 3 aliphatic rings. The molecule has 3 aliphatic heterocycles. The topological polar surface area (TPSA) is 81.8 Å². The van der Waals surface area contributed by atoms with Gasteiger partial charge in [-0.05, 0) is 63.5 Å². The molecule has 0 aliphatic carbocycles. The summed E-state index contributed by atoms with van der Waals surface area (Å²) >= 11 is 0. The van der Waals surface area contributed by atoms with Crippen LogP contribution >= 0.6 is 12.4 Å². The molecular weight excluding hydrogens is 388 g/mol. The molecule has 158 valence electrons. The third-order valence-corrected chi connectivity index (χ3v) is 7.28. The van der Waals surface area contributed by atoms with Crippen molar-refractivity contribution in [3.05, 3.63) is 0 Å². The van der Waals surface area contributed by atoms with Crippen molar-refractivity contribution in [2.75, 3.05) is 52.1 Å². The molecule has 0 spiro atoms. The van der Waals surface area contributed by atoms with E-state index >= 15 is 0 Å². The molecule has 3 saturated heterocycles. The number of sulfonamides is 1. The highest BCUT2D eigenvalue weighted by Crippen LogP contribution is 2.23. The lowest BCUT2D eigenvalue weighted by atomic mass is 9.94. The third kappa shape index (κ3) is 6.85. The number of hydrogen-bond donors (Lipinski definition) is 2. The Morgan fingerprint density at radius 2 is 1.81 bits per heavy atom. The van der Waals surface area contributed by atoms with E-state index in [2.05, 4.69) is 15.5 Å². The van der Waals surface area contributed by atoms with E-state index in [-0.39, 0.29) is 24.4 Å². The van der Waals surface area contributed by atoms with Crippen LogP contribution in [0.1, 0.15) is 38.5 Å². The number of halogens is 1. The van der Waals surface area contributed by atoms with Crippen molar-refractivity contribution in [3.63, 3.8) is 0 Å². The van der Waals surface area contributed by atoms with Crippen LogP contribution in [0.4, 0.5) is 0 Å². The van der Waals surface area contributed by atoms with Crippen LogP contribution in [0.15, 0.2) is 0 Å². The number of hydrogen-bond acceptors (Lipinski definition) is 5. The maximum atomic E-state index is 12.2. The van der Waals surface area contributed by atoms with Crippen molar-refractivity contribution in [3.8, 4) is 0 Å². The van der Waals surface area contributed by atoms with Gasteiger partial charge < -0.3 is 15.5 Å². The van der Waals surface area contributed by atoms with Gasteiger partial charge in [-0.25, -0.2) is 12.7 Å². The highest BCUT2D eigenvalue weighted by molar-refractivity contribution is 7.88. The SMILES string of the molecule is CS(=O)(=O)N1CCCC(CN2CCCC(CNC(=O)C3CCCN3)C2)C1.Cl. The fourth-order valence-electron chi connectivity index (χ4n) is 4.60. The van der Waals surface area contributed by atoms with Crippen molar-refractivity contribution >= 4 is 28.3 Å². The lowest BCUT2D eigenvalue weighted by Gasteiger charge is -2.38. The smallest absolute Gasteiger partial charge is 0.237 e. The van der Waals surface area contributed by atoms with Crippen molar-refractivity contribution in [2.45, 2.75) is 44.6 Å². The highest BCUT2D eigenvalue weighted by Gasteiger charge is 2.29. The molecule has 0 bridgehead atoms. The summed E-state index contributed by atoms with van der Waals surface area (Å²) in [6, 6.07) is -0.00101. The highest BCUT2D eigenvalue weighted by atomic mass is 35.5. The van der Waals surface area contributed by atoms with Crippen LogP contribution < -0.4 is 10.6 Å². The van der Waals surface area contributed by atoms with E-state index in [0.29, 0.717) is 24.9 Å². The first-order chi connectivity index (χ1) is 12.4. The van der Waals surface area contributed by atoms with E-state index in [4.69, 9.17) is 0 Å². The Morgan fingerprint density at radius 1 is 1.07 bits per heavy atom. The zero-order valence-electron chi connectivity index (χ0n) is 16.4. The first kappa shape index (κ1) is 22.9. The number of nitrogens with zero attached hydrogens (tertiary/aromatic N) is 2. The minimum atomic E-state index is -3.08. The van der Waals surface area contributed by atoms with Crippen LogP contribution in [0.2, 0.25) is 0 Å². The predicted molar refractivity (Wildman–Crippen MR) is 110 cm³/mol. The maximum Gasteiger partial charge on any atom is 0.237 e. The molecule has 0 radical (unpaired) electrons. The number of carbonyl (C=O) groups excluding carboxylic acids is 1. The number of rotatable bonds is 6. The van der Waals surface area contributed by atoms with E-state index in [1.807, 2.05) is 0 Å². The predicted octanol–water partition coefficient (Wildman–Crippen LogP) is 0.660. The summed E-state index contributed by atoms with van der Waals surface area (Å²) in [5.41, 5.74) is 0. The molecule has 0 aromatic rings. The summed E-state index contributed by atoms with van der Waals surface area (Å²) in [6.45, 7) is 6.09. The molecule has 0 saturated carbocycles. The van der Waals surface area contributed by atoms with Crippen molar-refractivity contribution in [1.29, 1.82) is 0 Å². The number of nitrogens with one attached hydrogen (secondary N) is 2. The molecule has 27 heavy (non-hydrogen) atoms. The Bertz CT molecular complexity index is 583. The van der Waals surface area contributed by atoms with E-state index in [0.717, 1.165) is 71.2 Å². The fourth-order valence-corrected chi connectivity index (χ4v) is 5.54. The van der Waals surface area contributed by atoms with Gasteiger partial charge in [-0.1, -0.05) is 0 Å². The molecule has 3 fully saturated rings. The molecule has 0 aromatic heterocycles. The maximum absolute atomic E-state index is 12.2. The summed E-state index contributed by atoms with van der Waals surface area (Å²) in [4.78, 5) is 14.6.